The first-order valence-corrected chi connectivity index (χ1v) is 13.7. The van der Waals surface area contributed by atoms with Gasteiger partial charge in [-0.25, -0.2) is 14.4 Å². The van der Waals surface area contributed by atoms with E-state index in [1.807, 2.05) is 0 Å². The third kappa shape index (κ3) is 9.18. The number of hydrogen-bond donors (Lipinski definition) is 3. The second-order valence-corrected chi connectivity index (χ2v) is 9.11. The van der Waals surface area contributed by atoms with Crippen LogP contribution in [0.2, 0.25) is 0 Å². The molecule has 0 heterocycles. The zero-order chi connectivity index (χ0) is 31.4. The number of ether oxygens (including phenoxy) is 6. The van der Waals surface area contributed by atoms with E-state index in [2.05, 4.69) is 0 Å². The zero-order valence-electron chi connectivity index (χ0n) is 24.4. The van der Waals surface area contributed by atoms with Crippen molar-refractivity contribution >= 4 is 35.0 Å². The number of carbonyl (C=O) groups excluding carboxylic acids is 3. The molecular formula is C31H37N3O9. The molecule has 0 bridgehead atoms. The number of benzene rings is 3. The molecule has 0 aliphatic rings. The van der Waals surface area contributed by atoms with Gasteiger partial charge in [0.25, 0.3) is 0 Å². The molecule has 230 valence electrons. The lowest BCUT2D eigenvalue weighted by atomic mass is 9.83. The van der Waals surface area contributed by atoms with Crippen molar-refractivity contribution in [3.05, 3.63) is 71.3 Å². The van der Waals surface area contributed by atoms with Crippen LogP contribution in [0, 0.1) is 0 Å². The molecule has 0 saturated heterocycles. The highest BCUT2D eigenvalue weighted by molar-refractivity contribution is 5.73. The molecule has 0 unspecified atom stereocenters. The van der Waals surface area contributed by atoms with E-state index in [1.165, 1.54) is 0 Å². The van der Waals surface area contributed by atoms with E-state index in [0.29, 0.717) is 51.0 Å². The summed E-state index contributed by atoms with van der Waals surface area (Å²) in [5.74, 6) is -1.61. The van der Waals surface area contributed by atoms with Crippen LogP contribution in [0.3, 0.4) is 0 Å². The van der Waals surface area contributed by atoms with Crippen molar-refractivity contribution in [2.45, 2.75) is 26.7 Å². The fourth-order valence-corrected chi connectivity index (χ4v) is 4.29. The maximum Gasteiger partial charge on any atom is 0.344 e. The van der Waals surface area contributed by atoms with Crippen molar-refractivity contribution in [1.29, 1.82) is 0 Å². The molecule has 0 aliphatic carbocycles. The van der Waals surface area contributed by atoms with Gasteiger partial charge in [-0.15, -0.1) is 0 Å². The quantitative estimate of drug-likeness (QED) is 0.101. The minimum Gasteiger partial charge on any atom is -0.482 e. The van der Waals surface area contributed by atoms with Gasteiger partial charge in [0, 0.05) is 39.7 Å². The van der Waals surface area contributed by atoms with Crippen molar-refractivity contribution in [3.8, 4) is 17.2 Å². The van der Waals surface area contributed by atoms with Gasteiger partial charge in [-0.3, -0.25) is 0 Å². The lowest BCUT2D eigenvalue weighted by Crippen LogP contribution is -2.19. The van der Waals surface area contributed by atoms with E-state index in [1.54, 1.807) is 75.4 Å². The molecule has 0 aromatic heterocycles. The van der Waals surface area contributed by atoms with Crippen molar-refractivity contribution in [1.82, 2.24) is 0 Å². The maximum absolute atomic E-state index is 12.2. The van der Waals surface area contributed by atoms with E-state index in [-0.39, 0.29) is 39.6 Å². The largest absolute Gasteiger partial charge is 0.482 e. The van der Waals surface area contributed by atoms with Crippen LogP contribution in [-0.4, -0.2) is 57.5 Å². The molecule has 43 heavy (non-hydrogen) atoms. The van der Waals surface area contributed by atoms with Gasteiger partial charge in [0.2, 0.25) is 0 Å². The number of carbonyl (C=O) groups is 3. The van der Waals surface area contributed by atoms with Crippen LogP contribution >= 0.6 is 0 Å². The van der Waals surface area contributed by atoms with E-state index < -0.39 is 23.8 Å². The first-order valence-electron chi connectivity index (χ1n) is 13.7. The average molecular weight is 596 g/mol. The van der Waals surface area contributed by atoms with Crippen LogP contribution in [0.5, 0.6) is 17.2 Å². The Morgan fingerprint density at radius 3 is 1.07 bits per heavy atom. The zero-order valence-corrected chi connectivity index (χ0v) is 24.4. The number of anilines is 3. The molecule has 0 fully saturated rings. The molecular weight excluding hydrogens is 558 g/mol. The molecule has 0 amide bonds. The number of hydrogen-bond acceptors (Lipinski definition) is 12. The molecule has 0 radical (unpaired) electrons. The van der Waals surface area contributed by atoms with Gasteiger partial charge in [-0.05, 0) is 75.4 Å². The Morgan fingerprint density at radius 2 is 0.814 bits per heavy atom. The van der Waals surface area contributed by atoms with Gasteiger partial charge in [0.05, 0.1) is 19.8 Å². The van der Waals surface area contributed by atoms with Crippen LogP contribution in [0.25, 0.3) is 0 Å². The van der Waals surface area contributed by atoms with Gasteiger partial charge < -0.3 is 45.6 Å². The summed E-state index contributed by atoms with van der Waals surface area (Å²) in [5.41, 5.74) is 21.4. The first-order chi connectivity index (χ1) is 20.7. The lowest BCUT2D eigenvalue weighted by Gasteiger charge is -2.26. The second kappa shape index (κ2) is 15.8. The minimum atomic E-state index is -0.804. The Bertz CT molecular complexity index is 1260. The van der Waals surface area contributed by atoms with Gasteiger partial charge in [0.15, 0.2) is 19.8 Å². The minimum absolute atomic E-state index is 0.189. The van der Waals surface area contributed by atoms with Crippen LogP contribution < -0.4 is 31.4 Å². The van der Waals surface area contributed by atoms with Gasteiger partial charge in [0.1, 0.15) is 17.2 Å². The molecule has 6 N–H and O–H groups in total. The lowest BCUT2D eigenvalue weighted by molar-refractivity contribution is -0.146. The summed E-state index contributed by atoms with van der Waals surface area (Å²) >= 11 is 0. The summed E-state index contributed by atoms with van der Waals surface area (Å²) in [6.45, 7) is 4.53. The molecule has 12 heteroatoms. The summed E-state index contributed by atoms with van der Waals surface area (Å²) in [7, 11) is 0. The van der Waals surface area contributed by atoms with Crippen molar-refractivity contribution in [2.24, 2.45) is 0 Å². The monoisotopic (exact) mass is 595 g/mol. The van der Waals surface area contributed by atoms with Crippen molar-refractivity contribution < 1.29 is 42.8 Å². The van der Waals surface area contributed by atoms with Crippen molar-refractivity contribution in [2.75, 3.05) is 56.8 Å². The Morgan fingerprint density at radius 1 is 0.535 bits per heavy atom. The summed E-state index contributed by atoms with van der Waals surface area (Å²) in [6, 6.07) is 14.7. The van der Waals surface area contributed by atoms with Crippen molar-refractivity contribution in [3.63, 3.8) is 0 Å². The summed E-state index contributed by atoms with van der Waals surface area (Å²) in [5, 5.41) is 0. The Hall–Kier alpha value is -5.13. The van der Waals surface area contributed by atoms with Crippen LogP contribution in [0.4, 0.5) is 17.1 Å². The maximum atomic E-state index is 12.2. The molecule has 3 rings (SSSR count). The molecule has 3 aromatic carbocycles. The Kier molecular flexibility index (Phi) is 11.9. The molecule has 0 spiro atoms. The standard InChI is InChI=1S/C31H37N3O9/c1-4-38-28(35)16-41-25-10-7-19(32)13-22(25)31(23-14-20(33)8-11-26(23)42-17-29(36)39-5-2)24-15-21(34)9-12-27(24)43-18-30(37)40-6-3/h7-15,31H,4-6,16-18,32-34H2,1-3H3. The van der Waals surface area contributed by atoms with Gasteiger partial charge in [-0.2, -0.15) is 0 Å². The summed E-state index contributed by atoms with van der Waals surface area (Å²) in [6.07, 6.45) is 0. The van der Waals surface area contributed by atoms with Crippen LogP contribution in [0.1, 0.15) is 43.4 Å². The molecule has 0 atom stereocenters. The SMILES string of the molecule is CCOC(=O)COc1ccc(N)cc1C(c1cc(N)ccc1OCC(=O)OCC)c1cc(N)ccc1OCC(=O)OCC. The number of nitrogens with two attached hydrogens (primary N) is 3. The predicted molar refractivity (Wildman–Crippen MR) is 160 cm³/mol. The normalized spacial score (nSPS) is 10.6. The van der Waals surface area contributed by atoms with Crippen LogP contribution in [-0.2, 0) is 28.6 Å². The molecule has 0 aliphatic heterocycles. The Balaban J connectivity index is 2.24. The molecule has 0 saturated carbocycles. The highest BCUT2D eigenvalue weighted by atomic mass is 16.6. The first kappa shape index (κ1) is 32.4. The smallest absolute Gasteiger partial charge is 0.344 e. The predicted octanol–water partition coefficient (Wildman–Crippen LogP) is 3.44. The number of nitrogen functional groups attached to an aromatic ring is 3. The summed E-state index contributed by atoms with van der Waals surface area (Å²) in [4.78, 5) is 36.5. The van der Waals surface area contributed by atoms with E-state index in [9.17, 15) is 14.4 Å². The van der Waals surface area contributed by atoms with E-state index in [4.69, 9.17) is 45.6 Å². The number of esters is 3. The van der Waals surface area contributed by atoms with Gasteiger partial charge >= 0.3 is 17.9 Å². The average Bonchev–Trinajstić information content (AvgIpc) is 2.96. The fraction of sp³-hybridized carbons (Fsp3) is 0.323. The third-order valence-electron chi connectivity index (χ3n) is 5.99. The van der Waals surface area contributed by atoms with E-state index in [0.717, 1.165) is 0 Å². The number of rotatable bonds is 15. The second-order valence-electron chi connectivity index (χ2n) is 9.11. The third-order valence-corrected chi connectivity index (χ3v) is 5.99. The van der Waals surface area contributed by atoms with Gasteiger partial charge in [-0.1, -0.05) is 0 Å². The molecule has 12 nitrogen and oxygen atoms in total. The highest BCUT2D eigenvalue weighted by Gasteiger charge is 2.29. The summed E-state index contributed by atoms with van der Waals surface area (Å²) < 4.78 is 32.8. The highest BCUT2D eigenvalue weighted by Crippen LogP contribution is 2.46. The fourth-order valence-electron chi connectivity index (χ4n) is 4.29. The topological polar surface area (TPSA) is 185 Å². The van der Waals surface area contributed by atoms with E-state index >= 15 is 0 Å². The van der Waals surface area contributed by atoms with Crippen LogP contribution in [0.15, 0.2) is 54.6 Å². The molecule has 3 aromatic rings. The Labute approximate surface area is 249 Å².